The first-order chi connectivity index (χ1) is 11.0. The average Bonchev–Trinajstić information content (AvgIpc) is 2.55. The number of carbonyl (C=O) groups excluding carboxylic acids is 1. The molecule has 0 spiro atoms. The SMILES string of the molecule is C[C@@H]1C(=O)N(c2ccc(F)cc2)CCN1Cc1ccc(F)cc1. The molecule has 2 aromatic carbocycles. The van der Waals surface area contributed by atoms with E-state index in [-0.39, 0.29) is 23.6 Å². The Balaban J connectivity index is 1.70. The number of anilines is 1. The Hall–Kier alpha value is -2.27. The first-order valence-electron chi connectivity index (χ1n) is 7.60. The monoisotopic (exact) mass is 316 g/mol. The molecule has 5 heteroatoms. The summed E-state index contributed by atoms with van der Waals surface area (Å²) < 4.78 is 26.0. The van der Waals surface area contributed by atoms with Crippen molar-refractivity contribution >= 4 is 11.6 Å². The van der Waals surface area contributed by atoms with E-state index < -0.39 is 0 Å². The molecule has 1 aliphatic heterocycles. The van der Waals surface area contributed by atoms with Gasteiger partial charge in [-0.3, -0.25) is 9.69 Å². The van der Waals surface area contributed by atoms with E-state index in [1.165, 1.54) is 24.3 Å². The number of nitrogens with zero attached hydrogens (tertiary/aromatic N) is 2. The molecule has 120 valence electrons. The van der Waals surface area contributed by atoms with Crippen LogP contribution in [-0.4, -0.2) is 29.9 Å². The van der Waals surface area contributed by atoms with Crippen molar-refractivity contribution in [2.75, 3.05) is 18.0 Å². The van der Waals surface area contributed by atoms with E-state index in [1.807, 2.05) is 6.92 Å². The van der Waals surface area contributed by atoms with E-state index >= 15 is 0 Å². The van der Waals surface area contributed by atoms with Crippen LogP contribution < -0.4 is 4.90 Å². The van der Waals surface area contributed by atoms with Crippen molar-refractivity contribution in [3.05, 3.63) is 65.7 Å². The van der Waals surface area contributed by atoms with E-state index in [1.54, 1.807) is 29.2 Å². The summed E-state index contributed by atoms with van der Waals surface area (Å²) in [5.41, 5.74) is 1.69. The fourth-order valence-corrected chi connectivity index (χ4v) is 2.83. The van der Waals surface area contributed by atoms with Gasteiger partial charge in [0.25, 0.3) is 0 Å². The van der Waals surface area contributed by atoms with Gasteiger partial charge >= 0.3 is 0 Å². The molecule has 0 N–H and O–H groups in total. The van der Waals surface area contributed by atoms with E-state index in [4.69, 9.17) is 0 Å². The number of piperazine rings is 1. The second kappa shape index (κ2) is 6.46. The van der Waals surface area contributed by atoms with Gasteiger partial charge in [0.05, 0.1) is 6.04 Å². The number of benzene rings is 2. The van der Waals surface area contributed by atoms with Gasteiger partial charge in [0.15, 0.2) is 0 Å². The molecule has 1 aliphatic rings. The molecular formula is C18H18F2N2O. The third-order valence-electron chi connectivity index (χ3n) is 4.22. The summed E-state index contributed by atoms with van der Waals surface area (Å²) in [6.45, 7) is 3.73. The van der Waals surface area contributed by atoms with Crippen LogP contribution in [0.15, 0.2) is 48.5 Å². The van der Waals surface area contributed by atoms with Gasteiger partial charge in [0, 0.05) is 25.3 Å². The number of amides is 1. The zero-order valence-electron chi connectivity index (χ0n) is 12.9. The Morgan fingerprint density at radius 2 is 1.52 bits per heavy atom. The van der Waals surface area contributed by atoms with Crippen LogP contribution in [-0.2, 0) is 11.3 Å². The molecule has 3 nitrogen and oxygen atoms in total. The predicted molar refractivity (Wildman–Crippen MR) is 85.0 cm³/mol. The lowest BCUT2D eigenvalue weighted by atomic mass is 10.1. The van der Waals surface area contributed by atoms with Crippen molar-refractivity contribution in [2.45, 2.75) is 19.5 Å². The number of rotatable bonds is 3. The van der Waals surface area contributed by atoms with Gasteiger partial charge < -0.3 is 4.90 Å². The van der Waals surface area contributed by atoms with Crippen molar-refractivity contribution in [3.8, 4) is 0 Å². The number of carbonyl (C=O) groups is 1. The predicted octanol–water partition coefficient (Wildman–Crippen LogP) is 3.20. The van der Waals surface area contributed by atoms with Crippen molar-refractivity contribution in [1.82, 2.24) is 4.90 Å². The third-order valence-corrected chi connectivity index (χ3v) is 4.22. The van der Waals surface area contributed by atoms with Crippen LogP contribution in [0.2, 0.25) is 0 Å². The van der Waals surface area contributed by atoms with Gasteiger partial charge in [0.2, 0.25) is 5.91 Å². The molecule has 0 unspecified atom stereocenters. The van der Waals surface area contributed by atoms with Gasteiger partial charge in [-0.25, -0.2) is 8.78 Å². The molecule has 0 bridgehead atoms. The summed E-state index contributed by atoms with van der Waals surface area (Å²) in [6, 6.07) is 12.0. The van der Waals surface area contributed by atoms with Crippen LogP contribution >= 0.6 is 0 Å². The fourth-order valence-electron chi connectivity index (χ4n) is 2.83. The van der Waals surface area contributed by atoms with Crippen LogP contribution in [0, 0.1) is 11.6 Å². The molecule has 1 fully saturated rings. The highest BCUT2D eigenvalue weighted by Gasteiger charge is 2.32. The summed E-state index contributed by atoms with van der Waals surface area (Å²) in [5, 5.41) is 0. The molecular weight excluding hydrogens is 298 g/mol. The van der Waals surface area contributed by atoms with Gasteiger partial charge in [-0.1, -0.05) is 12.1 Å². The summed E-state index contributed by atoms with van der Waals surface area (Å²) in [4.78, 5) is 16.3. The molecule has 0 aromatic heterocycles. The van der Waals surface area contributed by atoms with E-state index in [2.05, 4.69) is 4.90 Å². The molecule has 0 saturated carbocycles. The summed E-state index contributed by atoms with van der Waals surface area (Å²) in [7, 11) is 0. The Morgan fingerprint density at radius 1 is 0.957 bits per heavy atom. The van der Waals surface area contributed by atoms with Crippen LogP contribution in [0.1, 0.15) is 12.5 Å². The summed E-state index contributed by atoms with van der Waals surface area (Å²) in [6.07, 6.45) is 0. The van der Waals surface area contributed by atoms with E-state index in [9.17, 15) is 13.6 Å². The molecule has 0 aliphatic carbocycles. The topological polar surface area (TPSA) is 23.6 Å². The van der Waals surface area contributed by atoms with Crippen LogP contribution in [0.5, 0.6) is 0 Å². The van der Waals surface area contributed by atoms with Gasteiger partial charge in [-0.05, 0) is 48.9 Å². The standard InChI is InChI=1S/C18H18F2N2O/c1-13-18(23)22(17-8-6-16(20)7-9-17)11-10-21(13)12-14-2-4-15(19)5-3-14/h2-9,13H,10-12H2,1H3/t13-/m1/s1. The highest BCUT2D eigenvalue weighted by Crippen LogP contribution is 2.22. The van der Waals surface area contributed by atoms with Crippen molar-refractivity contribution in [3.63, 3.8) is 0 Å². The van der Waals surface area contributed by atoms with Gasteiger partial charge in [-0.2, -0.15) is 0 Å². The lowest BCUT2D eigenvalue weighted by Crippen LogP contribution is -2.55. The number of hydrogen-bond donors (Lipinski definition) is 0. The molecule has 1 heterocycles. The second-order valence-electron chi connectivity index (χ2n) is 5.74. The first kappa shape index (κ1) is 15.6. The zero-order valence-corrected chi connectivity index (χ0v) is 12.9. The highest BCUT2D eigenvalue weighted by molar-refractivity contribution is 5.97. The normalized spacial score (nSPS) is 19.2. The first-order valence-corrected chi connectivity index (χ1v) is 7.60. The molecule has 0 radical (unpaired) electrons. The van der Waals surface area contributed by atoms with Crippen molar-refractivity contribution < 1.29 is 13.6 Å². The van der Waals surface area contributed by atoms with Gasteiger partial charge in [-0.15, -0.1) is 0 Å². The zero-order chi connectivity index (χ0) is 16.4. The number of halogens is 2. The average molecular weight is 316 g/mol. The van der Waals surface area contributed by atoms with Crippen LogP contribution in [0.4, 0.5) is 14.5 Å². The fraction of sp³-hybridized carbons (Fsp3) is 0.278. The Morgan fingerprint density at radius 3 is 2.13 bits per heavy atom. The third kappa shape index (κ3) is 3.40. The minimum absolute atomic E-state index is 0.00929. The molecule has 1 atom stereocenters. The molecule has 1 amide bonds. The smallest absolute Gasteiger partial charge is 0.244 e. The maximum Gasteiger partial charge on any atom is 0.244 e. The van der Waals surface area contributed by atoms with Crippen molar-refractivity contribution in [1.29, 1.82) is 0 Å². The molecule has 2 aromatic rings. The maximum absolute atomic E-state index is 13.0. The Bertz CT molecular complexity index is 685. The lowest BCUT2D eigenvalue weighted by molar-refractivity contribution is -0.125. The van der Waals surface area contributed by atoms with E-state index in [0.717, 1.165) is 5.56 Å². The Kier molecular flexibility index (Phi) is 4.39. The van der Waals surface area contributed by atoms with Crippen LogP contribution in [0.3, 0.4) is 0 Å². The summed E-state index contributed by atoms with van der Waals surface area (Å²) >= 11 is 0. The summed E-state index contributed by atoms with van der Waals surface area (Å²) in [5.74, 6) is -0.590. The quantitative estimate of drug-likeness (QED) is 0.868. The van der Waals surface area contributed by atoms with Crippen molar-refractivity contribution in [2.24, 2.45) is 0 Å². The van der Waals surface area contributed by atoms with Crippen LogP contribution in [0.25, 0.3) is 0 Å². The molecule has 1 saturated heterocycles. The maximum atomic E-state index is 13.0. The second-order valence-corrected chi connectivity index (χ2v) is 5.74. The molecule has 3 rings (SSSR count). The van der Waals surface area contributed by atoms with Gasteiger partial charge in [0.1, 0.15) is 11.6 Å². The molecule has 23 heavy (non-hydrogen) atoms. The minimum atomic E-state index is -0.316. The minimum Gasteiger partial charge on any atom is -0.310 e. The lowest BCUT2D eigenvalue weighted by Gasteiger charge is -2.39. The Labute approximate surface area is 134 Å². The largest absolute Gasteiger partial charge is 0.310 e. The number of hydrogen-bond acceptors (Lipinski definition) is 2. The highest BCUT2D eigenvalue weighted by atomic mass is 19.1. The van der Waals surface area contributed by atoms with E-state index in [0.29, 0.717) is 25.3 Å².